The normalized spacial score (nSPS) is 14.6. The van der Waals surface area contributed by atoms with Crippen LogP contribution in [-0.2, 0) is 20.9 Å². The molecule has 31 heavy (non-hydrogen) atoms. The van der Waals surface area contributed by atoms with Crippen LogP contribution < -0.4 is 10.6 Å². The molecule has 0 saturated carbocycles. The molecule has 2 aromatic rings. The van der Waals surface area contributed by atoms with Crippen LogP contribution in [0.1, 0.15) is 37.4 Å². The zero-order valence-corrected chi connectivity index (χ0v) is 18.3. The largest absolute Gasteiger partial charge is 0.341 e. The Morgan fingerprint density at radius 2 is 1.71 bits per heavy atom. The lowest BCUT2D eigenvalue weighted by Crippen LogP contribution is -2.37. The lowest BCUT2D eigenvalue weighted by molar-refractivity contribution is -0.127. The fourth-order valence-corrected chi connectivity index (χ4v) is 3.89. The number of thioether (sulfide) groups is 1. The molecule has 1 unspecified atom stereocenters. The minimum Gasteiger partial charge on any atom is -0.341 e. The number of carbonyl (C=O) groups is 4. The molecule has 2 aromatic carbocycles. The van der Waals surface area contributed by atoms with Gasteiger partial charge in [-0.3, -0.25) is 24.1 Å². The lowest BCUT2D eigenvalue weighted by atomic mass is 10.0. The number of rotatable bonds is 8. The number of hydrogen-bond donors (Lipinski definition) is 2. The number of nitrogens with one attached hydrogen (secondary N) is 2. The van der Waals surface area contributed by atoms with Gasteiger partial charge in [0.2, 0.25) is 11.8 Å². The van der Waals surface area contributed by atoms with E-state index >= 15 is 0 Å². The molecule has 7 nitrogen and oxygen atoms in total. The van der Waals surface area contributed by atoms with Crippen molar-refractivity contribution >= 4 is 40.4 Å². The van der Waals surface area contributed by atoms with Crippen molar-refractivity contribution in [2.75, 3.05) is 11.1 Å². The molecule has 0 aromatic heterocycles. The van der Waals surface area contributed by atoms with E-state index in [9.17, 15) is 19.2 Å². The topological polar surface area (TPSA) is 95.6 Å². The highest BCUT2D eigenvalue weighted by atomic mass is 32.2. The summed E-state index contributed by atoms with van der Waals surface area (Å²) in [5, 5.41) is 5.41. The quantitative estimate of drug-likeness (QED) is 0.654. The number of imide groups is 1. The van der Waals surface area contributed by atoms with Crippen molar-refractivity contribution in [3.63, 3.8) is 0 Å². The molecular formula is C23H25N3O4S. The number of benzene rings is 2. The molecule has 4 amide bonds. The summed E-state index contributed by atoms with van der Waals surface area (Å²) in [5.41, 5.74) is 2.03. The monoisotopic (exact) mass is 439 g/mol. The minimum absolute atomic E-state index is 0.177. The Morgan fingerprint density at radius 1 is 1.03 bits per heavy atom. The van der Waals surface area contributed by atoms with Crippen molar-refractivity contribution in [3.05, 3.63) is 65.7 Å². The number of nitrogens with zero attached hydrogens (tertiary/aromatic N) is 1. The molecule has 1 aliphatic rings. The molecule has 0 aliphatic carbocycles. The van der Waals surface area contributed by atoms with Gasteiger partial charge in [0.15, 0.2) is 0 Å². The third-order valence-corrected chi connectivity index (χ3v) is 5.56. The summed E-state index contributed by atoms with van der Waals surface area (Å²) in [4.78, 5) is 50.0. The number of amides is 4. The number of carbonyl (C=O) groups excluding carboxylic acids is 4. The molecular weight excluding hydrogens is 414 g/mol. The van der Waals surface area contributed by atoms with Gasteiger partial charge in [0.25, 0.3) is 11.1 Å². The van der Waals surface area contributed by atoms with Crippen molar-refractivity contribution in [2.24, 2.45) is 5.92 Å². The maximum atomic E-state index is 13.0. The van der Waals surface area contributed by atoms with Gasteiger partial charge in [-0.2, -0.15) is 0 Å². The second-order valence-corrected chi connectivity index (χ2v) is 8.66. The number of hydrogen-bond acceptors (Lipinski definition) is 5. The highest BCUT2D eigenvalue weighted by molar-refractivity contribution is 8.14. The Balaban J connectivity index is 1.68. The second-order valence-electron chi connectivity index (χ2n) is 7.73. The maximum Gasteiger partial charge on any atom is 0.289 e. The third kappa shape index (κ3) is 6.18. The van der Waals surface area contributed by atoms with Gasteiger partial charge in [0.1, 0.15) is 6.04 Å². The Hall–Kier alpha value is -3.13. The van der Waals surface area contributed by atoms with Gasteiger partial charge in [-0.15, -0.1) is 0 Å². The third-order valence-electron chi connectivity index (χ3n) is 4.70. The summed E-state index contributed by atoms with van der Waals surface area (Å²) in [7, 11) is 0. The van der Waals surface area contributed by atoms with Gasteiger partial charge in [0.05, 0.1) is 12.3 Å². The average molecular weight is 440 g/mol. The highest BCUT2D eigenvalue weighted by Gasteiger charge is 2.29. The van der Waals surface area contributed by atoms with E-state index in [-0.39, 0.29) is 41.2 Å². The van der Waals surface area contributed by atoms with Crippen LogP contribution in [0.5, 0.6) is 0 Å². The lowest BCUT2D eigenvalue weighted by Gasteiger charge is -2.20. The molecule has 162 valence electrons. The molecule has 0 radical (unpaired) electrons. The molecule has 1 fully saturated rings. The molecule has 1 aliphatic heterocycles. The van der Waals surface area contributed by atoms with Gasteiger partial charge in [0, 0.05) is 12.1 Å². The smallest absolute Gasteiger partial charge is 0.289 e. The van der Waals surface area contributed by atoms with Gasteiger partial charge in [-0.05, 0) is 29.2 Å². The first-order chi connectivity index (χ1) is 14.8. The molecule has 2 N–H and O–H groups in total. The fraction of sp³-hybridized carbons (Fsp3) is 0.304. The van der Waals surface area contributed by atoms with E-state index in [2.05, 4.69) is 10.6 Å². The molecule has 1 heterocycles. The Labute approximate surface area is 185 Å². The Bertz CT molecular complexity index is 945. The summed E-state index contributed by atoms with van der Waals surface area (Å²) < 4.78 is 0. The van der Waals surface area contributed by atoms with E-state index in [4.69, 9.17) is 0 Å². The first-order valence-electron chi connectivity index (χ1n) is 10.0. The predicted octanol–water partition coefficient (Wildman–Crippen LogP) is 3.72. The molecule has 1 atom stereocenters. The van der Waals surface area contributed by atoms with Crippen molar-refractivity contribution < 1.29 is 19.2 Å². The van der Waals surface area contributed by atoms with Crippen molar-refractivity contribution in [1.29, 1.82) is 0 Å². The van der Waals surface area contributed by atoms with Crippen molar-refractivity contribution in [1.82, 2.24) is 10.2 Å². The van der Waals surface area contributed by atoms with E-state index in [1.54, 1.807) is 36.4 Å². The maximum absolute atomic E-state index is 13.0. The van der Waals surface area contributed by atoms with Crippen LogP contribution in [0.4, 0.5) is 10.5 Å². The SMILES string of the molecule is CC(C)CC(=O)NC(C(=O)Nc1ccc(CN2C(=O)CSC2=O)cc1)c1ccccc1. The minimum atomic E-state index is -0.816. The summed E-state index contributed by atoms with van der Waals surface area (Å²) in [5.74, 6) is -0.379. The molecule has 1 saturated heterocycles. The van der Waals surface area contributed by atoms with Crippen molar-refractivity contribution in [2.45, 2.75) is 32.9 Å². The van der Waals surface area contributed by atoms with Crippen LogP contribution in [0.25, 0.3) is 0 Å². The van der Waals surface area contributed by atoms with Gasteiger partial charge in [-0.25, -0.2) is 0 Å². The van der Waals surface area contributed by atoms with Crippen LogP contribution in [0.15, 0.2) is 54.6 Å². The van der Waals surface area contributed by atoms with E-state index in [1.807, 2.05) is 32.0 Å². The first kappa shape index (κ1) is 22.6. The Morgan fingerprint density at radius 3 is 2.29 bits per heavy atom. The van der Waals surface area contributed by atoms with E-state index < -0.39 is 6.04 Å². The Kier molecular flexibility index (Phi) is 7.46. The summed E-state index contributed by atoms with van der Waals surface area (Å²) >= 11 is 1.000. The zero-order chi connectivity index (χ0) is 22.4. The second kappa shape index (κ2) is 10.3. The highest BCUT2D eigenvalue weighted by Crippen LogP contribution is 2.22. The average Bonchev–Trinajstić information content (AvgIpc) is 3.05. The van der Waals surface area contributed by atoms with E-state index in [0.29, 0.717) is 17.7 Å². The van der Waals surface area contributed by atoms with Gasteiger partial charge < -0.3 is 10.6 Å². The van der Waals surface area contributed by atoms with Gasteiger partial charge in [-0.1, -0.05) is 68.1 Å². The van der Waals surface area contributed by atoms with Crippen molar-refractivity contribution in [3.8, 4) is 0 Å². The first-order valence-corrected chi connectivity index (χ1v) is 11.0. The van der Waals surface area contributed by atoms with Crippen LogP contribution in [-0.4, -0.2) is 33.6 Å². The fourth-order valence-electron chi connectivity index (χ4n) is 3.16. The van der Waals surface area contributed by atoms with E-state index in [0.717, 1.165) is 17.3 Å². The summed E-state index contributed by atoms with van der Waals surface area (Å²) in [6.45, 7) is 4.10. The van der Waals surface area contributed by atoms with E-state index in [1.165, 1.54) is 4.90 Å². The van der Waals surface area contributed by atoms with Crippen LogP contribution in [0, 0.1) is 5.92 Å². The zero-order valence-electron chi connectivity index (χ0n) is 17.5. The summed E-state index contributed by atoms with van der Waals surface area (Å²) in [6.07, 6.45) is 0.331. The molecule has 0 bridgehead atoms. The predicted molar refractivity (Wildman–Crippen MR) is 120 cm³/mol. The summed E-state index contributed by atoms with van der Waals surface area (Å²) in [6, 6.07) is 15.2. The molecule has 0 spiro atoms. The standard InChI is InChI=1S/C23H25N3O4S/c1-15(2)12-19(27)25-21(17-6-4-3-5-7-17)22(29)24-18-10-8-16(9-11-18)13-26-20(28)14-31-23(26)30/h3-11,15,21H,12-14H2,1-2H3,(H,24,29)(H,25,27). The van der Waals surface area contributed by atoms with Crippen LogP contribution in [0.3, 0.4) is 0 Å². The van der Waals surface area contributed by atoms with Crippen LogP contribution >= 0.6 is 11.8 Å². The molecule has 8 heteroatoms. The van der Waals surface area contributed by atoms with Gasteiger partial charge >= 0.3 is 0 Å². The molecule has 3 rings (SSSR count). The number of anilines is 1. The van der Waals surface area contributed by atoms with Crippen LogP contribution in [0.2, 0.25) is 0 Å².